The van der Waals surface area contributed by atoms with Gasteiger partial charge in [-0.05, 0) is 56.3 Å². The number of piperidine rings is 1. The first-order valence-electron chi connectivity index (χ1n) is 9.74. The Kier molecular flexibility index (Phi) is 8.28. The van der Waals surface area contributed by atoms with E-state index in [-0.39, 0.29) is 43.1 Å². The molecule has 164 valence electrons. The van der Waals surface area contributed by atoms with Crippen LogP contribution in [0, 0.1) is 17.8 Å². The lowest BCUT2D eigenvalue weighted by molar-refractivity contribution is -0.0494. The van der Waals surface area contributed by atoms with E-state index in [2.05, 4.69) is 15.6 Å². The van der Waals surface area contributed by atoms with Crippen molar-refractivity contribution in [3.05, 3.63) is 0 Å². The summed E-state index contributed by atoms with van der Waals surface area (Å²) in [5.41, 5.74) is -5.23. The lowest BCUT2D eigenvalue weighted by atomic mass is 9.86. The molecule has 1 saturated heterocycles. The molecule has 0 aromatic rings. The van der Waals surface area contributed by atoms with Crippen molar-refractivity contribution in [2.45, 2.75) is 56.5 Å². The molecule has 28 heavy (non-hydrogen) atoms. The highest BCUT2D eigenvalue weighted by Crippen LogP contribution is 2.49. The minimum atomic E-state index is -5.23. The van der Waals surface area contributed by atoms with Gasteiger partial charge < -0.3 is 10.6 Å². The van der Waals surface area contributed by atoms with Gasteiger partial charge in [-0.3, -0.25) is 4.99 Å². The molecule has 3 fully saturated rings. The lowest BCUT2D eigenvalue weighted by Gasteiger charge is -2.32. The van der Waals surface area contributed by atoms with Crippen molar-refractivity contribution in [3.63, 3.8) is 0 Å². The lowest BCUT2D eigenvalue weighted by Crippen LogP contribution is -2.51. The normalized spacial score (nSPS) is 29.6. The molecule has 3 aliphatic rings. The van der Waals surface area contributed by atoms with Crippen molar-refractivity contribution < 1.29 is 21.6 Å². The maximum atomic E-state index is 12.6. The second-order valence-electron chi connectivity index (χ2n) is 7.99. The molecule has 3 atom stereocenters. The summed E-state index contributed by atoms with van der Waals surface area (Å²) in [6, 6.07) is -0.0848. The number of hydrogen-bond donors (Lipinski definition) is 2. The minimum absolute atomic E-state index is 0. The van der Waals surface area contributed by atoms with Crippen LogP contribution in [0.15, 0.2) is 4.99 Å². The molecular formula is C17H30F3IN4O2S. The van der Waals surface area contributed by atoms with E-state index in [0.717, 1.165) is 30.7 Å². The molecule has 11 heteroatoms. The Labute approximate surface area is 182 Å². The molecule has 0 radical (unpaired) electrons. The van der Waals surface area contributed by atoms with Gasteiger partial charge in [0, 0.05) is 32.7 Å². The third-order valence-electron chi connectivity index (χ3n) is 6.34. The number of halogens is 4. The van der Waals surface area contributed by atoms with Crippen LogP contribution in [-0.4, -0.2) is 56.9 Å². The zero-order chi connectivity index (χ0) is 19.7. The molecule has 2 saturated carbocycles. The van der Waals surface area contributed by atoms with Crippen LogP contribution < -0.4 is 10.6 Å². The SMILES string of the molecule is CN=C(NCCC1CC2CCC1C2)NC1CCN(S(=O)(=O)C(F)(F)F)CC1.I. The van der Waals surface area contributed by atoms with Crippen LogP contribution in [0.2, 0.25) is 0 Å². The highest BCUT2D eigenvalue weighted by Gasteiger charge is 2.50. The summed E-state index contributed by atoms with van der Waals surface area (Å²) in [5, 5.41) is 6.51. The van der Waals surface area contributed by atoms with E-state index in [9.17, 15) is 21.6 Å². The first-order valence-corrected chi connectivity index (χ1v) is 11.2. The molecule has 3 rings (SSSR count). The molecule has 2 bridgehead atoms. The number of alkyl halides is 3. The Morgan fingerprint density at radius 3 is 2.32 bits per heavy atom. The standard InChI is InChI=1S/C17H29F3N4O2S.HI/c1-21-16(22-7-4-14-11-12-2-3-13(14)10-12)23-15-5-8-24(9-6-15)27(25,26)17(18,19)20;/h12-15H,2-11H2,1H3,(H2,21,22,23);1H. The number of guanidine groups is 1. The molecule has 0 aromatic carbocycles. The van der Waals surface area contributed by atoms with Crippen LogP contribution in [0.3, 0.4) is 0 Å². The van der Waals surface area contributed by atoms with Gasteiger partial charge in [0.25, 0.3) is 0 Å². The van der Waals surface area contributed by atoms with Gasteiger partial charge in [0.2, 0.25) is 0 Å². The van der Waals surface area contributed by atoms with Crippen LogP contribution in [0.5, 0.6) is 0 Å². The summed E-state index contributed by atoms with van der Waals surface area (Å²) in [7, 11) is -3.56. The van der Waals surface area contributed by atoms with Crippen LogP contribution in [-0.2, 0) is 10.0 Å². The van der Waals surface area contributed by atoms with E-state index >= 15 is 0 Å². The Morgan fingerprint density at radius 2 is 1.82 bits per heavy atom. The summed E-state index contributed by atoms with van der Waals surface area (Å²) >= 11 is 0. The van der Waals surface area contributed by atoms with Crippen molar-refractivity contribution in [2.75, 3.05) is 26.7 Å². The smallest absolute Gasteiger partial charge is 0.356 e. The van der Waals surface area contributed by atoms with Crippen molar-refractivity contribution in [3.8, 4) is 0 Å². The Bertz CT molecular complexity index is 651. The number of aliphatic imine (C=N–C) groups is 1. The zero-order valence-electron chi connectivity index (χ0n) is 16.0. The number of rotatable bonds is 5. The second-order valence-corrected chi connectivity index (χ2v) is 9.92. The fourth-order valence-corrected chi connectivity index (χ4v) is 5.87. The summed E-state index contributed by atoms with van der Waals surface area (Å²) in [4.78, 5) is 4.18. The Morgan fingerprint density at radius 1 is 1.14 bits per heavy atom. The van der Waals surface area contributed by atoms with Gasteiger partial charge in [-0.25, -0.2) is 8.42 Å². The summed E-state index contributed by atoms with van der Waals surface area (Å²) in [6.07, 6.45) is 7.23. The molecule has 0 amide bonds. The van der Waals surface area contributed by atoms with E-state index in [1.807, 2.05) is 0 Å². The molecule has 2 N–H and O–H groups in total. The fraction of sp³-hybridized carbons (Fsp3) is 0.941. The van der Waals surface area contributed by atoms with E-state index in [1.165, 1.54) is 25.7 Å². The molecule has 0 spiro atoms. The molecule has 3 unspecified atom stereocenters. The number of sulfonamides is 1. The van der Waals surface area contributed by atoms with Crippen LogP contribution >= 0.6 is 24.0 Å². The summed E-state index contributed by atoms with van der Waals surface area (Å²) < 4.78 is 61.3. The number of hydrogen-bond acceptors (Lipinski definition) is 3. The van der Waals surface area contributed by atoms with E-state index in [1.54, 1.807) is 7.05 Å². The first kappa shape index (κ1) is 24.0. The molecule has 1 aliphatic heterocycles. The Hall–Kier alpha value is -0.300. The molecular weight excluding hydrogens is 508 g/mol. The van der Waals surface area contributed by atoms with Gasteiger partial charge in [0.1, 0.15) is 0 Å². The van der Waals surface area contributed by atoms with E-state index in [0.29, 0.717) is 23.1 Å². The predicted molar refractivity (Wildman–Crippen MR) is 113 cm³/mol. The van der Waals surface area contributed by atoms with E-state index < -0.39 is 15.5 Å². The van der Waals surface area contributed by atoms with Gasteiger partial charge in [-0.15, -0.1) is 24.0 Å². The summed E-state index contributed by atoms with van der Waals surface area (Å²) in [6.45, 7) is 0.554. The number of fused-ring (bicyclic) bond motifs is 2. The molecule has 6 nitrogen and oxygen atoms in total. The maximum Gasteiger partial charge on any atom is 0.511 e. The van der Waals surface area contributed by atoms with Gasteiger partial charge >= 0.3 is 15.5 Å². The third-order valence-corrected chi connectivity index (χ3v) is 7.97. The van der Waals surface area contributed by atoms with Gasteiger partial charge in [-0.2, -0.15) is 17.5 Å². The third kappa shape index (κ3) is 5.44. The van der Waals surface area contributed by atoms with Gasteiger partial charge in [0.15, 0.2) is 5.96 Å². The average molecular weight is 538 g/mol. The van der Waals surface area contributed by atoms with Crippen molar-refractivity contribution in [2.24, 2.45) is 22.7 Å². The first-order chi connectivity index (χ1) is 12.7. The van der Waals surface area contributed by atoms with Crippen LogP contribution in [0.4, 0.5) is 13.2 Å². The minimum Gasteiger partial charge on any atom is -0.356 e. The van der Waals surface area contributed by atoms with Crippen LogP contribution in [0.1, 0.15) is 44.9 Å². The molecule has 2 aliphatic carbocycles. The topological polar surface area (TPSA) is 73.8 Å². The van der Waals surface area contributed by atoms with Gasteiger partial charge in [-0.1, -0.05) is 6.42 Å². The fourth-order valence-electron chi connectivity index (χ4n) is 4.88. The average Bonchev–Trinajstić information content (AvgIpc) is 3.23. The zero-order valence-corrected chi connectivity index (χ0v) is 19.2. The maximum absolute atomic E-state index is 12.6. The number of nitrogens with zero attached hydrogens (tertiary/aromatic N) is 2. The quantitative estimate of drug-likeness (QED) is 0.321. The second kappa shape index (κ2) is 9.67. The highest BCUT2D eigenvalue weighted by molar-refractivity contribution is 14.0. The van der Waals surface area contributed by atoms with Crippen molar-refractivity contribution >= 4 is 40.0 Å². The predicted octanol–water partition coefficient (Wildman–Crippen LogP) is 2.91. The molecule has 0 aromatic heterocycles. The number of nitrogens with one attached hydrogen (secondary N) is 2. The van der Waals surface area contributed by atoms with Crippen LogP contribution in [0.25, 0.3) is 0 Å². The monoisotopic (exact) mass is 538 g/mol. The summed E-state index contributed by atoms with van der Waals surface area (Å²) in [5.74, 6) is 3.24. The largest absolute Gasteiger partial charge is 0.511 e. The molecule has 1 heterocycles. The van der Waals surface area contributed by atoms with Gasteiger partial charge in [0.05, 0.1) is 0 Å². The van der Waals surface area contributed by atoms with Crippen molar-refractivity contribution in [1.29, 1.82) is 0 Å². The van der Waals surface area contributed by atoms with E-state index in [4.69, 9.17) is 0 Å². The Balaban J connectivity index is 0.00000280. The van der Waals surface area contributed by atoms with Crippen molar-refractivity contribution in [1.82, 2.24) is 14.9 Å². The highest BCUT2D eigenvalue weighted by atomic mass is 127.